The van der Waals surface area contributed by atoms with E-state index >= 15 is 0 Å². The maximum atomic E-state index is 13.1. The summed E-state index contributed by atoms with van der Waals surface area (Å²) in [4.78, 5) is 11.6. The number of alkyl halides is 3. The number of carbonyl (C=O) groups excluding carboxylic acids is 1. The van der Waals surface area contributed by atoms with Crippen LogP contribution in [0.4, 0.5) is 18.9 Å². The zero-order chi connectivity index (χ0) is 16.3. The first kappa shape index (κ1) is 17.3. The van der Waals surface area contributed by atoms with Crippen LogP contribution >= 0.6 is 0 Å². The Bertz CT molecular complexity index is 485. The van der Waals surface area contributed by atoms with Crippen LogP contribution in [0.5, 0.6) is 0 Å². The number of benzene rings is 1. The smallest absolute Gasteiger partial charge is 0.432 e. The van der Waals surface area contributed by atoms with E-state index in [1.807, 2.05) is 13.8 Å². The van der Waals surface area contributed by atoms with Gasteiger partial charge >= 0.3 is 12.1 Å². The largest absolute Gasteiger partial charge is 0.463 e. The van der Waals surface area contributed by atoms with Gasteiger partial charge < -0.3 is 15.2 Å². The predicted octanol–water partition coefficient (Wildman–Crippen LogP) is 2.82. The van der Waals surface area contributed by atoms with Crippen LogP contribution in [-0.4, -0.2) is 29.9 Å². The van der Waals surface area contributed by atoms with Gasteiger partial charge in [0, 0.05) is 17.3 Å². The SMILES string of the molecule is CCOC(=O)[C@@](O)(c1ccc(NC(C)C)cc1)C(F)(F)F. The van der Waals surface area contributed by atoms with E-state index < -0.39 is 23.3 Å². The summed E-state index contributed by atoms with van der Waals surface area (Å²) in [7, 11) is 0. The second-order valence-corrected chi connectivity index (χ2v) is 4.81. The lowest BCUT2D eigenvalue weighted by Gasteiger charge is -2.28. The Labute approximate surface area is 120 Å². The average Bonchev–Trinajstić information content (AvgIpc) is 2.36. The van der Waals surface area contributed by atoms with Gasteiger partial charge in [-0.15, -0.1) is 0 Å². The topological polar surface area (TPSA) is 58.6 Å². The summed E-state index contributed by atoms with van der Waals surface area (Å²) < 4.78 is 43.7. The van der Waals surface area contributed by atoms with Gasteiger partial charge in [0.05, 0.1) is 6.61 Å². The molecule has 0 amide bonds. The van der Waals surface area contributed by atoms with Gasteiger partial charge in [-0.25, -0.2) is 4.79 Å². The molecule has 2 N–H and O–H groups in total. The van der Waals surface area contributed by atoms with Crippen molar-refractivity contribution in [3.63, 3.8) is 0 Å². The summed E-state index contributed by atoms with van der Waals surface area (Å²) in [5.41, 5.74) is -3.66. The maximum Gasteiger partial charge on any atom is 0.432 e. The quantitative estimate of drug-likeness (QED) is 0.821. The highest BCUT2D eigenvalue weighted by molar-refractivity contribution is 5.82. The molecule has 0 bridgehead atoms. The van der Waals surface area contributed by atoms with Crippen LogP contribution in [0.1, 0.15) is 26.3 Å². The van der Waals surface area contributed by atoms with Gasteiger partial charge in [0.1, 0.15) is 0 Å². The molecule has 0 saturated heterocycles. The molecule has 0 aliphatic rings. The van der Waals surface area contributed by atoms with Crippen LogP contribution < -0.4 is 5.32 Å². The summed E-state index contributed by atoms with van der Waals surface area (Å²) >= 11 is 0. The summed E-state index contributed by atoms with van der Waals surface area (Å²) in [6, 6.07) is 4.93. The van der Waals surface area contributed by atoms with Gasteiger partial charge in [0.25, 0.3) is 5.60 Å². The molecule has 1 rings (SSSR count). The van der Waals surface area contributed by atoms with Crippen LogP contribution in [0.3, 0.4) is 0 Å². The van der Waals surface area contributed by atoms with Gasteiger partial charge in [-0.3, -0.25) is 0 Å². The molecule has 0 aliphatic heterocycles. The number of halogens is 3. The van der Waals surface area contributed by atoms with Crippen LogP contribution in [0.2, 0.25) is 0 Å². The van der Waals surface area contributed by atoms with Crippen molar-refractivity contribution in [2.45, 2.75) is 38.6 Å². The number of nitrogens with one attached hydrogen (secondary N) is 1. The van der Waals surface area contributed by atoms with Gasteiger partial charge in [0.2, 0.25) is 0 Å². The Balaban J connectivity index is 3.19. The van der Waals surface area contributed by atoms with E-state index in [0.717, 1.165) is 12.1 Å². The minimum atomic E-state index is -5.17. The van der Waals surface area contributed by atoms with Crippen molar-refractivity contribution in [2.75, 3.05) is 11.9 Å². The molecule has 7 heteroatoms. The Hall–Kier alpha value is -1.76. The minimum absolute atomic E-state index is 0.0995. The standard InChI is InChI=1S/C14H18F3NO3/c1-4-21-12(19)13(20,14(15,16)17)10-5-7-11(8-6-10)18-9(2)3/h5-9,18,20H,4H2,1-3H3/t13-/m0/s1. The lowest BCUT2D eigenvalue weighted by Crippen LogP contribution is -2.50. The van der Waals surface area contributed by atoms with E-state index in [9.17, 15) is 23.1 Å². The zero-order valence-electron chi connectivity index (χ0n) is 12.0. The van der Waals surface area contributed by atoms with Crippen molar-refractivity contribution in [3.05, 3.63) is 29.8 Å². The number of hydrogen-bond donors (Lipinski definition) is 2. The molecule has 1 aromatic rings. The zero-order valence-corrected chi connectivity index (χ0v) is 12.0. The highest BCUT2D eigenvalue weighted by Gasteiger charge is 2.62. The maximum absolute atomic E-state index is 13.1. The van der Waals surface area contributed by atoms with E-state index in [2.05, 4.69) is 10.1 Å². The predicted molar refractivity (Wildman–Crippen MR) is 71.8 cm³/mol. The highest BCUT2D eigenvalue weighted by atomic mass is 19.4. The molecule has 118 valence electrons. The van der Waals surface area contributed by atoms with Crippen molar-refractivity contribution in [1.82, 2.24) is 0 Å². The summed E-state index contributed by atoms with van der Waals surface area (Å²) in [5.74, 6) is -1.73. The van der Waals surface area contributed by atoms with Gasteiger partial charge in [-0.2, -0.15) is 13.2 Å². The Kier molecular flexibility index (Phi) is 5.22. The molecule has 0 aliphatic carbocycles. The third-order valence-electron chi connectivity index (χ3n) is 2.74. The fourth-order valence-corrected chi connectivity index (χ4v) is 1.77. The first-order valence-corrected chi connectivity index (χ1v) is 6.46. The lowest BCUT2D eigenvalue weighted by molar-refractivity contribution is -0.267. The number of anilines is 1. The van der Waals surface area contributed by atoms with Gasteiger partial charge in [-0.05, 0) is 32.9 Å². The Morgan fingerprint density at radius 1 is 1.29 bits per heavy atom. The number of carbonyl (C=O) groups is 1. The number of aliphatic hydroxyl groups is 1. The lowest BCUT2D eigenvalue weighted by atomic mass is 9.93. The van der Waals surface area contributed by atoms with Crippen molar-refractivity contribution >= 4 is 11.7 Å². The Morgan fingerprint density at radius 2 is 1.81 bits per heavy atom. The molecule has 0 radical (unpaired) electrons. The average molecular weight is 305 g/mol. The van der Waals surface area contributed by atoms with Crippen molar-refractivity contribution in [3.8, 4) is 0 Å². The molecule has 0 fully saturated rings. The first-order valence-electron chi connectivity index (χ1n) is 6.46. The molecule has 0 spiro atoms. The molecule has 1 atom stereocenters. The second kappa shape index (κ2) is 6.34. The summed E-state index contributed by atoms with van der Waals surface area (Å²) in [6.07, 6.45) is -5.17. The van der Waals surface area contributed by atoms with E-state index in [4.69, 9.17) is 0 Å². The van der Waals surface area contributed by atoms with Crippen molar-refractivity contribution < 1.29 is 27.8 Å². The van der Waals surface area contributed by atoms with Crippen molar-refractivity contribution in [2.24, 2.45) is 0 Å². The molecular formula is C14H18F3NO3. The number of hydrogen-bond acceptors (Lipinski definition) is 4. The highest BCUT2D eigenvalue weighted by Crippen LogP contribution is 2.40. The van der Waals surface area contributed by atoms with Crippen LogP contribution in [0, 0.1) is 0 Å². The van der Waals surface area contributed by atoms with E-state index in [1.165, 1.54) is 19.1 Å². The molecule has 0 saturated carbocycles. The van der Waals surface area contributed by atoms with Crippen molar-refractivity contribution in [1.29, 1.82) is 0 Å². The molecule has 0 heterocycles. The monoisotopic (exact) mass is 305 g/mol. The number of rotatable bonds is 5. The normalized spacial score (nSPS) is 14.7. The van der Waals surface area contributed by atoms with Gasteiger partial charge in [-0.1, -0.05) is 12.1 Å². The van der Waals surface area contributed by atoms with E-state index in [1.54, 1.807) is 0 Å². The van der Waals surface area contributed by atoms with E-state index in [-0.39, 0.29) is 12.6 Å². The molecule has 0 aromatic heterocycles. The fraction of sp³-hybridized carbons (Fsp3) is 0.500. The number of ether oxygens (including phenoxy) is 1. The van der Waals surface area contributed by atoms with Crippen LogP contribution in [0.15, 0.2) is 24.3 Å². The third-order valence-corrected chi connectivity index (χ3v) is 2.74. The third kappa shape index (κ3) is 3.66. The molecule has 0 unspecified atom stereocenters. The van der Waals surface area contributed by atoms with Gasteiger partial charge in [0.15, 0.2) is 0 Å². The Morgan fingerprint density at radius 3 is 2.19 bits per heavy atom. The summed E-state index contributed by atoms with van der Waals surface area (Å²) in [6.45, 7) is 4.85. The minimum Gasteiger partial charge on any atom is -0.463 e. The van der Waals surface area contributed by atoms with Crippen LogP contribution in [-0.2, 0) is 15.1 Å². The molecule has 21 heavy (non-hydrogen) atoms. The fourth-order valence-electron chi connectivity index (χ4n) is 1.77. The van der Waals surface area contributed by atoms with E-state index in [0.29, 0.717) is 5.69 Å². The molecule has 1 aromatic carbocycles. The molecular weight excluding hydrogens is 287 g/mol. The summed E-state index contributed by atoms with van der Waals surface area (Å²) in [5, 5.41) is 12.9. The first-order chi connectivity index (χ1) is 9.62. The number of esters is 1. The van der Waals surface area contributed by atoms with Crippen LogP contribution in [0.25, 0.3) is 0 Å². The second-order valence-electron chi connectivity index (χ2n) is 4.81. The molecule has 4 nitrogen and oxygen atoms in total.